The van der Waals surface area contributed by atoms with Crippen LogP contribution in [0.5, 0.6) is 0 Å². The molecule has 136 valence electrons. The van der Waals surface area contributed by atoms with Crippen molar-refractivity contribution in [1.82, 2.24) is 9.21 Å². The first kappa shape index (κ1) is 19.4. The zero-order valence-electron chi connectivity index (χ0n) is 14.9. The Morgan fingerprint density at radius 3 is 2.28 bits per heavy atom. The number of allylic oxidation sites excluding steroid dienone is 3. The standard InChI is InChI=1S/C19H26N2O3S/c1-3-5-6-8-19(22)20-13-15-21(16-14-20)25(23,24)18-11-9-17(7-4-2)10-12-18/h3,5-6,8-12H,4,7,13-16H2,1-2H3/b5-3+,8-6+. The van der Waals surface area contributed by atoms with Crippen LogP contribution in [0.15, 0.2) is 53.5 Å². The van der Waals surface area contributed by atoms with E-state index in [-0.39, 0.29) is 5.91 Å². The van der Waals surface area contributed by atoms with Crippen molar-refractivity contribution in [1.29, 1.82) is 0 Å². The van der Waals surface area contributed by atoms with Crippen molar-refractivity contribution >= 4 is 15.9 Å². The highest BCUT2D eigenvalue weighted by Crippen LogP contribution is 2.19. The molecular weight excluding hydrogens is 336 g/mol. The summed E-state index contributed by atoms with van der Waals surface area (Å²) in [6, 6.07) is 7.11. The topological polar surface area (TPSA) is 57.7 Å². The predicted molar refractivity (Wildman–Crippen MR) is 99.7 cm³/mol. The molecule has 0 aliphatic carbocycles. The fraction of sp³-hybridized carbons (Fsp3) is 0.421. The molecule has 0 spiro atoms. The van der Waals surface area contributed by atoms with Crippen molar-refractivity contribution in [2.45, 2.75) is 31.6 Å². The molecule has 1 aromatic carbocycles. The summed E-state index contributed by atoms with van der Waals surface area (Å²) in [5.74, 6) is -0.0842. The second kappa shape index (κ2) is 8.97. The maximum Gasteiger partial charge on any atom is 0.246 e. The fourth-order valence-corrected chi connectivity index (χ4v) is 4.19. The number of sulfonamides is 1. The molecule has 1 amide bonds. The van der Waals surface area contributed by atoms with Crippen molar-refractivity contribution in [3.8, 4) is 0 Å². The molecule has 6 heteroatoms. The van der Waals surface area contributed by atoms with E-state index in [0.717, 1.165) is 18.4 Å². The third-order valence-corrected chi connectivity index (χ3v) is 6.11. The number of nitrogens with zero attached hydrogens (tertiary/aromatic N) is 2. The van der Waals surface area contributed by atoms with Crippen LogP contribution in [0.2, 0.25) is 0 Å². The zero-order chi connectivity index (χ0) is 18.3. The number of carbonyl (C=O) groups is 1. The highest BCUT2D eigenvalue weighted by atomic mass is 32.2. The second-order valence-corrected chi connectivity index (χ2v) is 7.95. The zero-order valence-corrected chi connectivity index (χ0v) is 15.7. The van der Waals surface area contributed by atoms with E-state index in [1.165, 1.54) is 10.4 Å². The number of carbonyl (C=O) groups excluding carboxylic acids is 1. The van der Waals surface area contributed by atoms with Gasteiger partial charge in [0.05, 0.1) is 4.90 Å². The number of benzene rings is 1. The minimum absolute atomic E-state index is 0.0842. The molecular formula is C19H26N2O3S. The van der Waals surface area contributed by atoms with Crippen LogP contribution in [0.25, 0.3) is 0 Å². The van der Waals surface area contributed by atoms with Crippen molar-refractivity contribution in [3.05, 3.63) is 54.1 Å². The minimum Gasteiger partial charge on any atom is -0.337 e. The Morgan fingerprint density at radius 1 is 1.08 bits per heavy atom. The van der Waals surface area contributed by atoms with Gasteiger partial charge < -0.3 is 4.90 Å². The Balaban J connectivity index is 2.00. The number of amides is 1. The largest absolute Gasteiger partial charge is 0.337 e. The lowest BCUT2D eigenvalue weighted by Gasteiger charge is -2.33. The van der Waals surface area contributed by atoms with Gasteiger partial charge in [-0.1, -0.05) is 43.7 Å². The summed E-state index contributed by atoms with van der Waals surface area (Å²) in [5.41, 5.74) is 1.14. The summed E-state index contributed by atoms with van der Waals surface area (Å²) in [6.07, 6.45) is 8.83. The molecule has 0 bridgehead atoms. The summed E-state index contributed by atoms with van der Waals surface area (Å²) in [4.78, 5) is 14.0. The summed E-state index contributed by atoms with van der Waals surface area (Å²) >= 11 is 0. The molecule has 2 rings (SSSR count). The molecule has 1 aliphatic rings. The van der Waals surface area contributed by atoms with Gasteiger partial charge in [0.2, 0.25) is 15.9 Å². The Morgan fingerprint density at radius 2 is 1.72 bits per heavy atom. The van der Waals surface area contributed by atoms with Crippen LogP contribution in [0.3, 0.4) is 0 Å². The van der Waals surface area contributed by atoms with Gasteiger partial charge >= 0.3 is 0 Å². The summed E-state index contributed by atoms with van der Waals surface area (Å²) in [5, 5.41) is 0. The summed E-state index contributed by atoms with van der Waals surface area (Å²) < 4.78 is 26.9. The highest BCUT2D eigenvalue weighted by molar-refractivity contribution is 7.89. The Kier molecular flexibility index (Phi) is 6.96. The third kappa shape index (κ3) is 5.03. The van der Waals surface area contributed by atoms with Crippen molar-refractivity contribution < 1.29 is 13.2 Å². The second-order valence-electron chi connectivity index (χ2n) is 6.01. The van der Waals surface area contributed by atoms with Crippen LogP contribution in [-0.4, -0.2) is 49.7 Å². The SMILES string of the molecule is C/C=C/C=C/C(=O)N1CCN(S(=O)(=O)c2ccc(CCC)cc2)CC1. The van der Waals surface area contributed by atoms with Gasteiger partial charge in [0, 0.05) is 32.3 Å². The average molecular weight is 362 g/mol. The molecule has 0 radical (unpaired) electrons. The average Bonchev–Trinajstić information content (AvgIpc) is 2.63. The van der Waals surface area contributed by atoms with E-state index in [4.69, 9.17) is 0 Å². The number of piperazine rings is 1. The number of rotatable bonds is 6. The lowest BCUT2D eigenvalue weighted by atomic mass is 10.1. The van der Waals surface area contributed by atoms with Crippen molar-refractivity contribution in [3.63, 3.8) is 0 Å². The monoisotopic (exact) mass is 362 g/mol. The van der Waals surface area contributed by atoms with Crippen LogP contribution in [0.4, 0.5) is 0 Å². The van der Waals surface area contributed by atoms with Crippen LogP contribution in [0, 0.1) is 0 Å². The molecule has 25 heavy (non-hydrogen) atoms. The van der Waals surface area contributed by atoms with Gasteiger partial charge in [0.15, 0.2) is 0 Å². The fourth-order valence-electron chi connectivity index (χ4n) is 2.77. The van der Waals surface area contributed by atoms with E-state index in [0.29, 0.717) is 31.1 Å². The summed E-state index contributed by atoms with van der Waals surface area (Å²) in [6.45, 7) is 5.44. The molecule has 0 atom stereocenters. The Hall–Kier alpha value is -1.92. The first-order valence-corrected chi connectivity index (χ1v) is 10.1. The Bertz CT molecular complexity index is 728. The van der Waals surface area contributed by atoms with Gasteiger partial charge in [0.25, 0.3) is 0 Å². The summed E-state index contributed by atoms with van der Waals surface area (Å²) in [7, 11) is -3.50. The van der Waals surface area contributed by atoms with E-state index in [1.54, 1.807) is 29.2 Å². The van der Waals surface area contributed by atoms with Gasteiger partial charge in [-0.15, -0.1) is 0 Å². The van der Waals surface area contributed by atoms with Crippen LogP contribution in [0.1, 0.15) is 25.8 Å². The van der Waals surface area contributed by atoms with Crippen LogP contribution < -0.4 is 0 Å². The molecule has 0 aromatic heterocycles. The minimum atomic E-state index is -3.50. The van der Waals surface area contributed by atoms with E-state index in [9.17, 15) is 13.2 Å². The molecule has 0 N–H and O–H groups in total. The molecule has 1 aliphatic heterocycles. The first-order valence-electron chi connectivity index (χ1n) is 8.66. The lowest BCUT2D eigenvalue weighted by Crippen LogP contribution is -2.50. The molecule has 1 saturated heterocycles. The van der Waals surface area contributed by atoms with Gasteiger partial charge in [-0.25, -0.2) is 8.42 Å². The third-order valence-electron chi connectivity index (χ3n) is 4.19. The van der Waals surface area contributed by atoms with Gasteiger partial charge in [-0.05, 0) is 31.0 Å². The number of aryl methyl sites for hydroxylation is 1. The van der Waals surface area contributed by atoms with Gasteiger partial charge in [-0.2, -0.15) is 4.31 Å². The maximum absolute atomic E-state index is 12.7. The van der Waals surface area contributed by atoms with Gasteiger partial charge in [0.1, 0.15) is 0 Å². The lowest BCUT2D eigenvalue weighted by molar-refractivity contribution is -0.127. The molecule has 0 saturated carbocycles. The van der Waals surface area contributed by atoms with E-state index >= 15 is 0 Å². The molecule has 1 fully saturated rings. The van der Waals surface area contributed by atoms with Gasteiger partial charge in [-0.3, -0.25) is 4.79 Å². The van der Waals surface area contributed by atoms with Crippen molar-refractivity contribution in [2.24, 2.45) is 0 Å². The Labute approximate surface area is 150 Å². The number of hydrogen-bond donors (Lipinski definition) is 0. The molecule has 1 heterocycles. The van der Waals surface area contributed by atoms with E-state index < -0.39 is 10.0 Å². The predicted octanol–water partition coefficient (Wildman–Crippen LogP) is 2.60. The molecule has 5 nitrogen and oxygen atoms in total. The van der Waals surface area contributed by atoms with E-state index in [2.05, 4.69) is 6.92 Å². The van der Waals surface area contributed by atoms with Crippen LogP contribution >= 0.6 is 0 Å². The highest BCUT2D eigenvalue weighted by Gasteiger charge is 2.29. The molecule has 1 aromatic rings. The molecule has 0 unspecified atom stereocenters. The first-order chi connectivity index (χ1) is 12.0. The number of hydrogen-bond acceptors (Lipinski definition) is 3. The van der Waals surface area contributed by atoms with Crippen molar-refractivity contribution in [2.75, 3.05) is 26.2 Å². The maximum atomic E-state index is 12.7. The van der Waals surface area contributed by atoms with E-state index in [1.807, 2.05) is 25.1 Å². The quantitative estimate of drug-likeness (QED) is 0.577. The smallest absolute Gasteiger partial charge is 0.246 e. The normalized spacial score (nSPS) is 16.8. The van der Waals surface area contributed by atoms with Crippen LogP contribution in [-0.2, 0) is 21.2 Å².